The second-order valence-electron chi connectivity index (χ2n) is 19.8. The summed E-state index contributed by atoms with van der Waals surface area (Å²) in [5, 5.41) is 12.0. The number of aliphatic imine (C=N–C) groups is 1. The van der Waals surface area contributed by atoms with Crippen molar-refractivity contribution in [3.63, 3.8) is 0 Å². The zero-order chi connectivity index (χ0) is 55.5. The number of nitrogens with zero attached hydrogens (tertiary/aromatic N) is 4. The molecular weight excluding hydrogens is 1020 g/mol. The van der Waals surface area contributed by atoms with Crippen molar-refractivity contribution in [2.24, 2.45) is 4.99 Å². The summed E-state index contributed by atoms with van der Waals surface area (Å²) in [7, 11) is 2.98. The highest BCUT2D eigenvalue weighted by atomic mass is 16.7. The van der Waals surface area contributed by atoms with Crippen LogP contribution >= 0.6 is 0 Å². The van der Waals surface area contributed by atoms with Gasteiger partial charge in [-0.05, 0) is 97.8 Å². The zero-order valence-corrected chi connectivity index (χ0v) is 43.9. The second-order valence-corrected chi connectivity index (χ2v) is 19.8. The van der Waals surface area contributed by atoms with Crippen LogP contribution in [0, 0.1) is 0 Å². The molecule has 10 rings (SSSR count). The van der Waals surface area contributed by atoms with E-state index in [2.05, 4.69) is 21.3 Å². The highest BCUT2D eigenvalue weighted by Crippen LogP contribution is 2.43. The van der Waals surface area contributed by atoms with Gasteiger partial charge in [-0.25, -0.2) is 4.79 Å². The molecule has 5 heterocycles. The van der Waals surface area contributed by atoms with E-state index in [1.54, 1.807) is 47.5 Å². The van der Waals surface area contributed by atoms with E-state index in [4.69, 9.17) is 28.8 Å². The molecule has 1 saturated heterocycles. The molecule has 0 radical (unpaired) electrons. The Kier molecular flexibility index (Phi) is 15.3. The van der Waals surface area contributed by atoms with Crippen molar-refractivity contribution < 1.29 is 62.1 Å². The van der Waals surface area contributed by atoms with Crippen LogP contribution in [0.4, 0.5) is 28.4 Å². The van der Waals surface area contributed by atoms with Gasteiger partial charge in [-0.15, -0.1) is 5.06 Å². The van der Waals surface area contributed by atoms with Gasteiger partial charge in [0, 0.05) is 74.1 Å². The monoisotopic (exact) mass is 1070 g/mol. The second kappa shape index (κ2) is 22.7. The summed E-state index contributed by atoms with van der Waals surface area (Å²) in [4.78, 5) is 117. The van der Waals surface area contributed by atoms with Gasteiger partial charge in [-0.1, -0.05) is 36.4 Å². The minimum absolute atomic E-state index is 0.0224. The summed E-state index contributed by atoms with van der Waals surface area (Å²) in [6, 6.07) is 25.2. The fraction of sp³-hybridized carbons (Fsp3) is 0.328. The largest absolute Gasteiger partial charge is 0.493 e. The van der Waals surface area contributed by atoms with Gasteiger partial charge in [0.25, 0.3) is 23.6 Å². The number of para-hydroxylation sites is 2. The number of unbranched alkanes of at least 4 members (excludes halogenated alkanes) is 1. The third-order valence-corrected chi connectivity index (χ3v) is 14.3. The van der Waals surface area contributed by atoms with E-state index in [9.17, 15) is 38.4 Å². The first-order valence-electron chi connectivity index (χ1n) is 26.1. The van der Waals surface area contributed by atoms with Crippen LogP contribution in [0.3, 0.4) is 0 Å². The number of imide groups is 1. The summed E-state index contributed by atoms with van der Waals surface area (Å²) < 4.78 is 24.4. The summed E-state index contributed by atoms with van der Waals surface area (Å²) in [6.07, 6.45) is 3.41. The number of ether oxygens (including phenoxy) is 4. The number of methoxy groups -OCH3 is 2. The van der Waals surface area contributed by atoms with Gasteiger partial charge in [-0.3, -0.25) is 43.5 Å². The average molecular weight is 1080 g/mol. The van der Waals surface area contributed by atoms with Crippen LogP contribution in [0.15, 0.2) is 96.0 Å². The lowest BCUT2D eigenvalue weighted by molar-refractivity contribution is -0.197. The molecule has 21 nitrogen and oxygen atoms in total. The Morgan fingerprint density at radius 3 is 1.95 bits per heavy atom. The Hall–Kier alpha value is -9.27. The SMILES string of the molecule is COc1cc2c(cc1OCc1cc(COc3cc4c(cc3OC)C(=O)N3c5ccccc5C[C@H]3CN4)cc(NC(=O)[C@H](C)NC(=O)[C@H](C)NC(=O)CCCCC(=O)ON3C(=O)CCC3=O)c1)N=C[C@H]1Cc3ccccc3N1C2=O. The molecule has 5 aliphatic heterocycles. The molecule has 0 bridgehead atoms. The number of hydroxylamine groups is 2. The molecule has 408 valence electrons. The van der Waals surface area contributed by atoms with Gasteiger partial charge >= 0.3 is 5.97 Å². The summed E-state index contributed by atoms with van der Waals surface area (Å²) in [5.74, 6) is -2.68. The Labute approximate surface area is 454 Å². The van der Waals surface area contributed by atoms with E-state index in [0.717, 1.165) is 22.5 Å². The van der Waals surface area contributed by atoms with Crippen LogP contribution in [-0.4, -0.2) is 104 Å². The summed E-state index contributed by atoms with van der Waals surface area (Å²) in [5.41, 5.74) is 7.20. The van der Waals surface area contributed by atoms with Crippen molar-refractivity contribution in [3.8, 4) is 23.0 Å². The third kappa shape index (κ3) is 11.3. The smallest absolute Gasteiger partial charge is 0.333 e. The number of amides is 7. The van der Waals surface area contributed by atoms with Crippen LogP contribution in [-0.2, 0) is 59.7 Å². The van der Waals surface area contributed by atoms with E-state index in [0.29, 0.717) is 86.8 Å². The van der Waals surface area contributed by atoms with Crippen LogP contribution in [0.1, 0.15) is 95.3 Å². The van der Waals surface area contributed by atoms with E-state index < -0.39 is 47.6 Å². The number of anilines is 4. The third-order valence-electron chi connectivity index (χ3n) is 14.3. The highest BCUT2D eigenvalue weighted by molar-refractivity contribution is 6.15. The molecular formula is C58H58N8O13. The first kappa shape index (κ1) is 53.1. The van der Waals surface area contributed by atoms with Gasteiger partial charge in [0.1, 0.15) is 25.3 Å². The zero-order valence-electron chi connectivity index (χ0n) is 43.9. The number of benzene rings is 5. The minimum atomic E-state index is -1.08. The predicted octanol–water partition coefficient (Wildman–Crippen LogP) is 6.26. The number of rotatable bonds is 19. The molecule has 5 aromatic rings. The molecule has 4 N–H and O–H groups in total. The number of hydrogen-bond acceptors (Lipinski definition) is 15. The van der Waals surface area contributed by atoms with Crippen molar-refractivity contribution >= 4 is 82.0 Å². The standard InChI is InChI=1S/C58H58N8O13/c1-32(61-51(67)15-9-10-16-54(70)79-66-52(68)17-18-53(66)69)55(71)62-33(2)56(72)63-38-20-34(30-77-49-26-43-41(24-47(49)75-3)57(73)64-39(28-59-43)22-36-11-5-7-13-45(36)64)19-35(21-38)31-78-50-27-44-42(25-48(50)76-4)58(74)65-40(29-60-44)23-37-12-6-8-14-46(37)65/h5-8,11-14,19-21,24-28,32-33,39-40,60H,9-10,15-18,22-23,29-31H2,1-4H3,(H,61,67)(H,62,71)(H,63,72)/t32-,33-,39+,40-/m0/s1. The lowest BCUT2D eigenvalue weighted by Gasteiger charge is -2.22. The van der Waals surface area contributed by atoms with Crippen molar-refractivity contribution in [2.45, 2.75) is 103 Å². The van der Waals surface area contributed by atoms with Crippen LogP contribution in [0.2, 0.25) is 0 Å². The maximum absolute atomic E-state index is 14.1. The first-order valence-corrected chi connectivity index (χ1v) is 26.1. The van der Waals surface area contributed by atoms with Crippen LogP contribution < -0.4 is 50.0 Å². The number of carbonyl (C=O) groups excluding carboxylic acids is 8. The Bertz CT molecular complexity index is 3330. The maximum Gasteiger partial charge on any atom is 0.333 e. The van der Waals surface area contributed by atoms with E-state index >= 15 is 0 Å². The number of carbonyl (C=O) groups is 8. The predicted molar refractivity (Wildman–Crippen MR) is 289 cm³/mol. The fourth-order valence-corrected chi connectivity index (χ4v) is 10.3. The Morgan fingerprint density at radius 2 is 1.27 bits per heavy atom. The van der Waals surface area contributed by atoms with E-state index in [1.807, 2.05) is 59.5 Å². The number of nitrogens with one attached hydrogen (secondary N) is 4. The molecule has 5 aromatic carbocycles. The molecule has 5 aliphatic rings. The molecule has 0 saturated carbocycles. The van der Waals surface area contributed by atoms with Crippen molar-refractivity contribution in [1.82, 2.24) is 15.7 Å². The first-order chi connectivity index (χ1) is 38.2. The quantitative estimate of drug-likeness (QED) is 0.0526. The van der Waals surface area contributed by atoms with Crippen molar-refractivity contribution in [1.29, 1.82) is 0 Å². The molecule has 4 atom stereocenters. The Morgan fingerprint density at radius 1 is 0.671 bits per heavy atom. The topological polar surface area (TPSA) is 253 Å². The maximum atomic E-state index is 14.1. The molecule has 79 heavy (non-hydrogen) atoms. The van der Waals surface area contributed by atoms with Crippen molar-refractivity contribution in [3.05, 3.63) is 124 Å². The van der Waals surface area contributed by atoms with Gasteiger partial charge in [-0.2, -0.15) is 0 Å². The minimum Gasteiger partial charge on any atom is -0.493 e. The van der Waals surface area contributed by atoms with Crippen LogP contribution in [0.5, 0.6) is 23.0 Å². The lowest BCUT2D eigenvalue weighted by atomic mass is 10.1. The van der Waals surface area contributed by atoms with Gasteiger partial charge in [0.05, 0.1) is 48.8 Å². The average Bonchev–Trinajstić information content (AvgIpc) is 4.29. The van der Waals surface area contributed by atoms with E-state index in [-0.39, 0.29) is 75.6 Å². The molecule has 1 fully saturated rings. The molecule has 21 heteroatoms. The molecule has 0 unspecified atom stereocenters. The van der Waals surface area contributed by atoms with Crippen LogP contribution in [0.25, 0.3) is 0 Å². The fourth-order valence-electron chi connectivity index (χ4n) is 10.3. The number of hydrogen-bond donors (Lipinski definition) is 4. The van der Waals surface area contributed by atoms with Crippen molar-refractivity contribution in [2.75, 3.05) is 41.2 Å². The molecule has 7 amide bonds. The normalized spacial score (nSPS) is 17.3. The van der Waals surface area contributed by atoms with Gasteiger partial charge in [0.15, 0.2) is 23.0 Å². The van der Waals surface area contributed by atoms with Gasteiger partial charge < -0.3 is 50.0 Å². The summed E-state index contributed by atoms with van der Waals surface area (Å²) >= 11 is 0. The number of fused-ring (bicyclic) bond motifs is 8. The molecule has 0 aliphatic carbocycles. The lowest BCUT2D eigenvalue weighted by Crippen LogP contribution is -2.50. The molecule has 0 spiro atoms. The van der Waals surface area contributed by atoms with Gasteiger partial charge in [0.2, 0.25) is 17.7 Å². The Balaban J connectivity index is 0.825. The molecule has 0 aromatic heterocycles. The van der Waals surface area contributed by atoms with E-state index in [1.165, 1.54) is 28.1 Å². The summed E-state index contributed by atoms with van der Waals surface area (Å²) in [6.45, 7) is 3.40. The highest BCUT2D eigenvalue weighted by Gasteiger charge is 2.39.